The summed E-state index contributed by atoms with van der Waals surface area (Å²) in [5.41, 5.74) is 9.64. The average Bonchev–Trinajstić information content (AvgIpc) is 2.82. The zero-order chi connectivity index (χ0) is 14.1. The first-order valence-electron chi connectivity index (χ1n) is 6.50. The van der Waals surface area contributed by atoms with Gasteiger partial charge < -0.3 is 5.73 Å². The number of rotatable bonds is 3. The number of benzene rings is 2. The van der Waals surface area contributed by atoms with Crippen LogP contribution in [-0.2, 0) is 6.42 Å². The number of aromatic nitrogens is 3. The molecule has 0 aliphatic rings. The van der Waals surface area contributed by atoms with Crippen LogP contribution in [0.25, 0.3) is 16.7 Å². The van der Waals surface area contributed by atoms with Crippen molar-refractivity contribution in [2.24, 2.45) is 5.73 Å². The first-order chi connectivity index (χ1) is 9.66. The third-order valence-electron chi connectivity index (χ3n) is 3.18. The molecule has 0 aliphatic heterocycles. The fourth-order valence-corrected chi connectivity index (χ4v) is 2.62. The summed E-state index contributed by atoms with van der Waals surface area (Å²) in [6.45, 7) is 1.98. The highest BCUT2D eigenvalue weighted by Gasteiger charge is 2.14. The van der Waals surface area contributed by atoms with Crippen LogP contribution >= 0.6 is 11.6 Å². The van der Waals surface area contributed by atoms with Crippen LogP contribution in [-0.4, -0.2) is 21.0 Å². The number of nitrogens with zero attached hydrogens (tertiary/aromatic N) is 3. The molecule has 2 N–H and O–H groups in total. The molecule has 20 heavy (non-hydrogen) atoms. The van der Waals surface area contributed by atoms with Crippen LogP contribution in [0.15, 0.2) is 42.5 Å². The maximum atomic E-state index is 6.38. The van der Waals surface area contributed by atoms with Gasteiger partial charge >= 0.3 is 0 Å². The van der Waals surface area contributed by atoms with Crippen molar-refractivity contribution in [3.8, 4) is 5.69 Å². The van der Waals surface area contributed by atoms with Crippen LogP contribution in [0.5, 0.6) is 0 Å². The van der Waals surface area contributed by atoms with Crippen molar-refractivity contribution in [2.45, 2.75) is 19.4 Å². The standard InChI is InChI=1S/C15H15ClN4/c1-10(17)9-11-5-4-6-12(16)15(11)20-14-8-3-2-7-13(14)18-19-20/h2-8,10H,9,17H2,1H3. The monoisotopic (exact) mass is 286 g/mol. The second kappa shape index (κ2) is 5.23. The van der Waals surface area contributed by atoms with E-state index in [1.165, 1.54) is 0 Å². The summed E-state index contributed by atoms with van der Waals surface area (Å²) in [5.74, 6) is 0. The fraction of sp³-hybridized carbons (Fsp3) is 0.200. The van der Waals surface area contributed by atoms with Gasteiger partial charge in [-0.15, -0.1) is 5.10 Å². The number of fused-ring (bicyclic) bond motifs is 1. The molecule has 0 aliphatic carbocycles. The highest BCUT2D eigenvalue weighted by molar-refractivity contribution is 6.32. The van der Waals surface area contributed by atoms with Gasteiger partial charge in [0.25, 0.3) is 0 Å². The maximum absolute atomic E-state index is 6.38. The Hall–Kier alpha value is -1.91. The van der Waals surface area contributed by atoms with Gasteiger partial charge in [0.05, 0.1) is 16.2 Å². The van der Waals surface area contributed by atoms with E-state index in [4.69, 9.17) is 17.3 Å². The van der Waals surface area contributed by atoms with E-state index in [0.29, 0.717) is 5.02 Å². The molecule has 4 nitrogen and oxygen atoms in total. The predicted molar refractivity (Wildman–Crippen MR) is 81.2 cm³/mol. The normalized spacial score (nSPS) is 12.8. The number of hydrogen-bond donors (Lipinski definition) is 1. The molecule has 1 unspecified atom stereocenters. The Kier molecular flexibility index (Phi) is 3.42. The van der Waals surface area contributed by atoms with Crippen LogP contribution < -0.4 is 5.73 Å². The summed E-state index contributed by atoms with van der Waals surface area (Å²) in [5, 5.41) is 9.07. The van der Waals surface area contributed by atoms with E-state index in [0.717, 1.165) is 28.7 Å². The van der Waals surface area contributed by atoms with Gasteiger partial charge in [-0.1, -0.05) is 41.1 Å². The van der Waals surface area contributed by atoms with Gasteiger partial charge in [0, 0.05) is 6.04 Å². The van der Waals surface area contributed by atoms with Crippen molar-refractivity contribution in [1.82, 2.24) is 15.0 Å². The number of halogens is 1. The Morgan fingerprint density at radius 3 is 2.80 bits per heavy atom. The molecule has 0 saturated carbocycles. The molecular formula is C15H15ClN4. The van der Waals surface area contributed by atoms with Gasteiger partial charge in [0.15, 0.2) is 0 Å². The molecule has 0 radical (unpaired) electrons. The van der Waals surface area contributed by atoms with Gasteiger partial charge in [-0.05, 0) is 37.1 Å². The zero-order valence-electron chi connectivity index (χ0n) is 11.1. The largest absolute Gasteiger partial charge is 0.328 e. The zero-order valence-corrected chi connectivity index (χ0v) is 11.9. The minimum atomic E-state index is 0.0574. The number of para-hydroxylation sites is 2. The van der Waals surface area contributed by atoms with E-state index in [2.05, 4.69) is 10.3 Å². The molecule has 2 aromatic carbocycles. The van der Waals surface area contributed by atoms with Crippen LogP contribution in [0.4, 0.5) is 0 Å². The highest BCUT2D eigenvalue weighted by Crippen LogP contribution is 2.27. The van der Waals surface area contributed by atoms with Crippen LogP contribution in [0.3, 0.4) is 0 Å². The van der Waals surface area contributed by atoms with Crippen LogP contribution in [0.2, 0.25) is 5.02 Å². The molecule has 1 atom stereocenters. The molecular weight excluding hydrogens is 272 g/mol. The van der Waals surface area contributed by atoms with E-state index < -0.39 is 0 Å². The predicted octanol–water partition coefficient (Wildman–Crippen LogP) is 2.96. The first-order valence-corrected chi connectivity index (χ1v) is 6.88. The molecule has 0 amide bonds. The molecule has 0 bridgehead atoms. The topological polar surface area (TPSA) is 56.7 Å². The molecule has 0 spiro atoms. The Morgan fingerprint density at radius 2 is 2.00 bits per heavy atom. The van der Waals surface area contributed by atoms with Crippen LogP contribution in [0.1, 0.15) is 12.5 Å². The Bertz CT molecular complexity index is 748. The third-order valence-corrected chi connectivity index (χ3v) is 3.48. The molecule has 0 saturated heterocycles. The van der Waals surface area contributed by atoms with E-state index in [9.17, 15) is 0 Å². The summed E-state index contributed by atoms with van der Waals surface area (Å²) in [7, 11) is 0. The smallest absolute Gasteiger partial charge is 0.113 e. The lowest BCUT2D eigenvalue weighted by Gasteiger charge is -2.13. The summed E-state index contributed by atoms with van der Waals surface area (Å²) in [6.07, 6.45) is 0.740. The summed E-state index contributed by atoms with van der Waals surface area (Å²) >= 11 is 6.38. The lowest BCUT2D eigenvalue weighted by atomic mass is 10.1. The maximum Gasteiger partial charge on any atom is 0.113 e. The summed E-state index contributed by atoms with van der Waals surface area (Å²) in [4.78, 5) is 0. The molecule has 3 aromatic rings. The van der Waals surface area contributed by atoms with Gasteiger partial charge in [-0.3, -0.25) is 0 Å². The quantitative estimate of drug-likeness (QED) is 0.805. The van der Waals surface area contributed by atoms with Gasteiger partial charge in [0.1, 0.15) is 5.52 Å². The van der Waals surface area contributed by atoms with E-state index in [1.54, 1.807) is 4.68 Å². The first kappa shape index (κ1) is 13.1. The van der Waals surface area contributed by atoms with E-state index in [1.807, 2.05) is 49.4 Å². The minimum Gasteiger partial charge on any atom is -0.328 e. The van der Waals surface area contributed by atoms with Crippen molar-refractivity contribution < 1.29 is 0 Å². The number of nitrogens with two attached hydrogens (primary N) is 1. The van der Waals surface area contributed by atoms with E-state index >= 15 is 0 Å². The van der Waals surface area contributed by atoms with Crippen molar-refractivity contribution in [1.29, 1.82) is 0 Å². The van der Waals surface area contributed by atoms with Gasteiger partial charge in [-0.25, -0.2) is 4.68 Å². The highest BCUT2D eigenvalue weighted by atomic mass is 35.5. The van der Waals surface area contributed by atoms with Crippen molar-refractivity contribution in [2.75, 3.05) is 0 Å². The Balaban J connectivity index is 2.23. The summed E-state index contributed by atoms with van der Waals surface area (Å²) in [6, 6.07) is 13.7. The second-order valence-corrected chi connectivity index (χ2v) is 5.33. The molecule has 3 rings (SSSR count). The Labute approximate surface area is 122 Å². The molecule has 102 valence electrons. The lowest BCUT2D eigenvalue weighted by molar-refractivity contribution is 0.725. The molecule has 0 fully saturated rings. The van der Waals surface area contributed by atoms with Crippen molar-refractivity contribution in [3.63, 3.8) is 0 Å². The third kappa shape index (κ3) is 2.28. The lowest BCUT2D eigenvalue weighted by Crippen LogP contribution is -2.19. The average molecular weight is 287 g/mol. The minimum absolute atomic E-state index is 0.0574. The number of hydrogen-bond acceptors (Lipinski definition) is 3. The van der Waals surface area contributed by atoms with Crippen molar-refractivity contribution >= 4 is 22.6 Å². The molecule has 5 heteroatoms. The summed E-state index contributed by atoms with van der Waals surface area (Å²) < 4.78 is 1.79. The Morgan fingerprint density at radius 1 is 1.20 bits per heavy atom. The SMILES string of the molecule is CC(N)Cc1cccc(Cl)c1-n1nnc2ccccc21. The van der Waals surface area contributed by atoms with Crippen LogP contribution in [0, 0.1) is 0 Å². The second-order valence-electron chi connectivity index (χ2n) is 4.92. The van der Waals surface area contributed by atoms with Gasteiger partial charge in [-0.2, -0.15) is 0 Å². The molecule has 1 aromatic heterocycles. The van der Waals surface area contributed by atoms with Crippen molar-refractivity contribution in [3.05, 3.63) is 53.1 Å². The van der Waals surface area contributed by atoms with Gasteiger partial charge in [0.2, 0.25) is 0 Å². The van der Waals surface area contributed by atoms with E-state index in [-0.39, 0.29) is 6.04 Å². The fourth-order valence-electron chi connectivity index (χ4n) is 2.34. The molecule has 1 heterocycles.